The zero-order chi connectivity index (χ0) is 13.0. The van der Waals surface area contributed by atoms with E-state index < -0.39 is 0 Å². The summed E-state index contributed by atoms with van der Waals surface area (Å²) in [5.74, 6) is -0.301. The Morgan fingerprint density at radius 1 is 0.889 bits per heavy atom. The zero-order valence-corrected chi connectivity index (χ0v) is 10.3. The molecule has 0 N–H and O–H groups in total. The number of hydrogen-bond acceptors (Lipinski definition) is 3. The molecule has 2 rings (SSSR count). The van der Waals surface area contributed by atoms with E-state index in [4.69, 9.17) is 0 Å². The molecule has 0 aliphatic rings. The highest BCUT2D eigenvalue weighted by molar-refractivity contribution is 5.66. The average Bonchev–Trinajstić information content (AvgIpc) is 2.37. The van der Waals surface area contributed by atoms with E-state index in [9.17, 15) is 4.39 Å². The van der Waals surface area contributed by atoms with Gasteiger partial charge in [-0.2, -0.15) is 5.11 Å². The molecule has 0 fully saturated rings. The van der Waals surface area contributed by atoms with Crippen molar-refractivity contribution in [3.05, 3.63) is 54.3 Å². The molecule has 0 bridgehead atoms. The number of para-hydroxylation sites is 1. The maximum absolute atomic E-state index is 13.7. The molecule has 0 radical (unpaired) electrons. The highest BCUT2D eigenvalue weighted by Gasteiger charge is 2.09. The van der Waals surface area contributed by atoms with Crippen molar-refractivity contribution in [2.45, 2.75) is 0 Å². The molecule has 0 atom stereocenters. The maximum atomic E-state index is 13.7. The van der Waals surface area contributed by atoms with Gasteiger partial charge in [-0.15, -0.1) is 5.11 Å². The molecule has 0 unspecified atom stereocenters. The minimum atomic E-state index is -0.301. The Kier molecular flexibility index (Phi) is 3.67. The minimum Gasteiger partial charge on any atom is -0.373 e. The van der Waals surface area contributed by atoms with Crippen LogP contribution in [0.25, 0.3) is 0 Å². The number of anilines is 1. The molecule has 0 heterocycles. The predicted octanol–water partition coefficient (Wildman–Crippen LogP) is 4.31. The third-order valence-electron chi connectivity index (χ3n) is 2.44. The first-order chi connectivity index (χ1) is 8.68. The third-order valence-corrected chi connectivity index (χ3v) is 2.44. The molecule has 0 saturated carbocycles. The number of azo groups is 1. The van der Waals surface area contributed by atoms with Crippen molar-refractivity contribution in [2.24, 2.45) is 10.2 Å². The van der Waals surface area contributed by atoms with Crippen LogP contribution in [-0.4, -0.2) is 14.1 Å². The van der Waals surface area contributed by atoms with Gasteiger partial charge in [-0.25, -0.2) is 4.39 Å². The number of benzene rings is 2. The quantitative estimate of drug-likeness (QED) is 0.738. The highest BCUT2D eigenvalue weighted by Crippen LogP contribution is 2.31. The summed E-state index contributed by atoms with van der Waals surface area (Å²) in [7, 11) is 3.56. The van der Waals surface area contributed by atoms with Gasteiger partial charge in [0, 0.05) is 14.1 Å². The smallest absolute Gasteiger partial charge is 0.148 e. The molecule has 2 aromatic carbocycles. The van der Waals surface area contributed by atoms with Gasteiger partial charge in [0.05, 0.1) is 5.69 Å². The Bertz CT molecular complexity index is 550. The lowest BCUT2D eigenvalue weighted by molar-refractivity contribution is 0.626. The van der Waals surface area contributed by atoms with Crippen LogP contribution in [0.1, 0.15) is 0 Å². The number of nitrogens with zero attached hydrogens (tertiary/aromatic N) is 3. The molecule has 0 spiro atoms. The van der Waals surface area contributed by atoms with Crippen molar-refractivity contribution in [1.82, 2.24) is 0 Å². The topological polar surface area (TPSA) is 28.0 Å². The van der Waals surface area contributed by atoms with Crippen molar-refractivity contribution in [1.29, 1.82) is 0 Å². The third kappa shape index (κ3) is 2.71. The van der Waals surface area contributed by atoms with Gasteiger partial charge < -0.3 is 4.90 Å². The monoisotopic (exact) mass is 243 g/mol. The lowest BCUT2D eigenvalue weighted by atomic mass is 10.2. The zero-order valence-electron chi connectivity index (χ0n) is 10.3. The van der Waals surface area contributed by atoms with E-state index in [1.807, 2.05) is 30.3 Å². The lowest BCUT2D eigenvalue weighted by Gasteiger charge is -2.15. The fraction of sp³-hybridized carbons (Fsp3) is 0.143. The van der Waals surface area contributed by atoms with Crippen molar-refractivity contribution >= 4 is 17.1 Å². The second-order valence-corrected chi connectivity index (χ2v) is 4.04. The minimum absolute atomic E-state index is 0.301. The van der Waals surface area contributed by atoms with Gasteiger partial charge in [0.1, 0.15) is 17.2 Å². The molecule has 4 heteroatoms. The van der Waals surface area contributed by atoms with E-state index in [0.717, 1.165) is 5.69 Å². The average molecular weight is 243 g/mol. The van der Waals surface area contributed by atoms with Crippen molar-refractivity contribution < 1.29 is 4.39 Å². The maximum Gasteiger partial charge on any atom is 0.148 e. The van der Waals surface area contributed by atoms with E-state index >= 15 is 0 Å². The van der Waals surface area contributed by atoms with Crippen LogP contribution in [0.2, 0.25) is 0 Å². The van der Waals surface area contributed by atoms with Crippen LogP contribution in [-0.2, 0) is 0 Å². The molecule has 2 aromatic rings. The standard InChI is InChI=1S/C14H14FN3/c1-18(2)14-12(15)9-6-10-13(14)17-16-11-7-4-3-5-8-11/h3-10H,1-2H3. The SMILES string of the molecule is CN(C)c1c(F)cccc1N=Nc1ccccc1. The van der Waals surface area contributed by atoms with Crippen LogP contribution in [0.5, 0.6) is 0 Å². The van der Waals surface area contributed by atoms with E-state index in [1.54, 1.807) is 31.1 Å². The molecular formula is C14H14FN3. The Balaban J connectivity index is 2.35. The van der Waals surface area contributed by atoms with Crippen LogP contribution < -0.4 is 4.90 Å². The Morgan fingerprint density at radius 3 is 2.28 bits per heavy atom. The first kappa shape index (κ1) is 12.2. The van der Waals surface area contributed by atoms with Gasteiger partial charge in [-0.3, -0.25) is 0 Å². The molecule has 18 heavy (non-hydrogen) atoms. The van der Waals surface area contributed by atoms with Gasteiger partial charge in [0.25, 0.3) is 0 Å². The van der Waals surface area contributed by atoms with Crippen molar-refractivity contribution in [3.8, 4) is 0 Å². The molecule has 0 aliphatic heterocycles. The summed E-state index contributed by atoms with van der Waals surface area (Å²) in [6.45, 7) is 0. The molecule has 0 aromatic heterocycles. The molecule has 0 aliphatic carbocycles. The van der Waals surface area contributed by atoms with E-state index in [1.165, 1.54) is 6.07 Å². The molecule has 3 nitrogen and oxygen atoms in total. The summed E-state index contributed by atoms with van der Waals surface area (Å²) in [5, 5.41) is 8.19. The highest BCUT2D eigenvalue weighted by atomic mass is 19.1. The Morgan fingerprint density at radius 2 is 1.61 bits per heavy atom. The van der Waals surface area contributed by atoms with Gasteiger partial charge >= 0.3 is 0 Å². The summed E-state index contributed by atoms with van der Waals surface area (Å²) >= 11 is 0. The Labute approximate surface area is 106 Å². The molecule has 0 amide bonds. The van der Waals surface area contributed by atoms with Crippen LogP contribution in [0.15, 0.2) is 58.8 Å². The van der Waals surface area contributed by atoms with Gasteiger partial charge in [-0.05, 0) is 24.3 Å². The second kappa shape index (κ2) is 5.40. The fourth-order valence-electron chi connectivity index (χ4n) is 1.63. The normalized spacial score (nSPS) is 10.8. The van der Waals surface area contributed by atoms with Crippen LogP contribution in [0.4, 0.5) is 21.5 Å². The second-order valence-electron chi connectivity index (χ2n) is 4.04. The van der Waals surface area contributed by atoms with Crippen LogP contribution in [0, 0.1) is 5.82 Å². The first-order valence-corrected chi connectivity index (χ1v) is 5.61. The first-order valence-electron chi connectivity index (χ1n) is 5.61. The van der Waals surface area contributed by atoms with Gasteiger partial charge in [0.2, 0.25) is 0 Å². The van der Waals surface area contributed by atoms with E-state index in [2.05, 4.69) is 10.2 Å². The summed E-state index contributed by atoms with van der Waals surface area (Å²) in [6, 6.07) is 14.1. The summed E-state index contributed by atoms with van der Waals surface area (Å²) < 4.78 is 13.7. The van der Waals surface area contributed by atoms with Gasteiger partial charge in [0.15, 0.2) is 0 Å². The summed E-state index contributed by atoms with van der Waals surface area (Å²) in [5.41, 5.74) is 1.70. The predicted molar refractivity (Wildman–Crippen MR) is 71.3 cm³/mol. The summed E-state index contributed by atoms with van der Waals surface area (Å²) in [4.78, 5) is 1.69. The molecule has 92 valence electrons. The fourth-order valence-corrected chi connectivity index (χ4v) is 1.63. The van der Waals surface area contributed by atoms with E-state index in [0.29, 0.717) is 11.4 Å². The van der Waals surface area contributed by atoms with Crippen LogP contribution >= 0.6 is 0 Å². The van der Waals surface area contributed by atoms with Crippen molar-refractivity contribution in [2.75, 3.05) is 19.0 Å². The van der Waals surface area contributed by atoms with Crippen LogP contribution in [0.3, 0.4) is 0 Å². The van der Waals surface area contributed by atoms with Crippen molar-refractivity contribution in [3.63, 3.8) is 0 Å². The Hall–Kier alpha value is -2.23. The largest absolute Gasteiger partial charge is 0.373 e. The number of halogens is 1. The lowest BCUT2D eigenvalue weighted by Crippen LogP contribution is -2.10. The molecular weight excluding hydrogens is 229 g/mol. The summed E-state index contributed by atoms with van der Waals surface area (Å²) in [6.07, 6.45) is 0. The number of hydrogen-bond donors (Lipinski definition) is 0. The van der Waals surface area contributed by atoms with E-state index in [-0.39, 0.29) is 5.82 Å². The number of rotatable bonds is 3. The molecule has 0 saturated heterocycles. The van der Waals surface area contributed by atoms with Gasteiger partial charge in [-0.1, -0.05) is 24.3 Å².